The third kappa shape index (κ3) is 2.75. The third-order valence-corrected chi connectivity index (χ3v) is 6.28. The second-order valence-electron chi connectivity index (χ2n) is 6.09. The lowest BCUT2D eigenvalue weighted by Crippen LogP contribution is -2.31. The Hall–Kier alpha value is -0.910. The molecule has 1 aromatic rings. The molecule has 3 unspecified atom stereocenters. The summed E-state index contributed by atoms with van der Waals surface area (Å²) in [6.07, 6.45) is 5.06. The summed E-state index contributed by atoms with van der Waals surface area (Å²) in [5, 5.41) is 8.97. The zero-order valence-electron chi connectivity index (χ0n) is 11.5. The van der Waals surface area contributed by atoms with Gasteiger partial charge in [0.1, 0.15) is 0 Å². The van der Waals surface area contributed by atoms with Crippen molar-refractivity contribution in [2.75, 3.05) is 6.54 Å². The number of aliphatic hydroxyl groups is 1. The van der Waals surface area contributed by atoms with Crippen molar-refractivity contribution in [1.82, 2.24) is 4.72 Å². The zero-order chi connectivity index (χ0) is 14.2. The van der Waals surface area contributed by atoms with Gasteiger partial charge in [-0.15, -0.1) is 0 Å². The van der Waals surface area contributed by atoms with Crippen LogP contribution >= 0.6 is 0 Å². The summed E-state index contributed by atoms with van der Waals surface area (Å²) in [7, 11) is -3.42. The number of hydrogen-bond donors (Lipinski definition) is 2. The molecule has 2 bridgehead atoms. The van der Waals surface area contributed by atoms with Gasteiger partial charge in [-0.05, 0) is 54.7 Å². The van der Waals surface area contributed by atoms with Crippen molar-refractivity contribution in [3.8, 4) is 0 Å². The van der Waals surface area contributed by atoms with E-state index in [1.165, 1.54) is 25.7 Å². The summed E-state index contributed by atoms with van der Waals surface area (Å²) in [5.74, 6) is 2.07. The first-order valence-electron chi connectivity index (χ1n) is 7.28. The maximum atomic E-state index is 12.2. The first-order chi connectivity index (χ1) is 9.58. The maximum Gasteiger partial charge on any atom is 0.240 e. The normalized spacial score (nSPS) is 28.9. The Morgan fingerprint density at radius 2 is 1.90 bits per heavy atom. The van der Waals surface area contributed by atoms with E-state index in [-0.39, 0.29) is 11.5 Å². The van der Waals surface area contributed by atoms with Crippen LogP contribution in [0, 0.1) is 17.8 Å². The average Bonchev–Trinajstić information content (AvgIpc) is 3.08. The molecule has 0 amide bonds. The van der Waals surface area contributed by atoms with Gasteiger partial charge in [0.2, 0.25) is 10.0 Å². The molecule has 2 saturated carbocycles. The Morgan fingerprint density at radius 1 is 1.15 bits per heavy atom. The lowest BCUT2D eigenvalue weighted by atomic mass is 9.89. The van der Waals surface area contributed by atoms with Crippen LogP contribution in [0.1, 0.15) is 31.2 Å². The van der Waals surface area contributed by atoms with Gasteiger partial charge < -0.3 is 5.11 Å². The van der Waals surface area contributed by atoms with Crippen molar-refractivity contribution in [2.45, 2.75) is 37.2 Å². The van der Waals surface area contributed by atoms with Crippen molar-refractivity contribution >= 4 is 10.0 Å². The molecular weight excluding hydrogens is 274 g/mol. The zero-order valence-corrected chi connectivity index (χ0v) is 12.3. The van der Waals surface area contributed by atoms with Gasteiger partial charge in [0.25, 0.3) is 0 Å². The van der Waals surface area contributed by atoms with Gasteiger partial charge in [0.05, 0.1) is 11.5 Å². The van der Waals surface area contributed by atoms with E-state index in [0.29, 0.717) is 12.5 Å². The van der Waals surface area contributed by atoms with Crippen molar-refractivity contribution in [3.05, 3.63) is 29.8 Å². The van der Waals surface area contributed by atoms with Crippen LogP contribution in [0.3, 0.4) is 0 Å². The van der Waals surface area contributed by atoms with Crippen LogP contribution in [0.2, 0.25) is 0 Å². The van der Waals surface area contributed by atoms with Crippen LogP contribution in [-0.4, -0.2) is 20.1 Å². The number of sulfonamides is 1. The standard InChI is InChI=1S/C15H21NO3S/c17-10-11-2-5-15(6-3-11)20(18,19)16-9-14-8-12-1-4-13(14)7-12/h2-3,5-6,12-14,16-17H,1,4,7-10H2. The minimum absolute atomic E-state index is 0.0705. The van der Waals surface area contributed by atoms with Gasteiger partial charge in [-0.25, -0.2) is 13.1 Å². The molecule has 3 atom stereocenters. The lowest BCUT2D eigenvalue weighted by Gasteiger charge is -2.21. The average molecular weight is 295 g/mol. The Morgan fingerprint density at radius 3 is 2.45 bits per heavy atom. The second-order valence-corrected chi connectivity index (χ2v) is 7.86. The molecule has 2 N–H and O–H groups in total. The topological polar surface area (TPSA) is 66.4 Å². The second kappa shape index (κ2) is 5.47. The summed E-state index contributed by atoms with van der Waals surface area (Å²) in [6.45, 7) is 0.490. The summed E-state index contributed by atoms with van der Waals surface area (Å²) in [4.78, 5) is 0.276. The van der Waals surface area contributed by atoms with E-state index < -0.39 is 10.0 Å². The highest BCUT2D eigenvalue weighted by Gasteiger charge is 2.39. The van der Waals surface area contributed by atoms with Gasteiger partial charge in [0.15, 0.2) is 0 Å². The number of rotatable bonds is 5. The molecule has 0 radical (unpaired) electrons. The lowest BCUT2D eigenvalue weighted by molar-refractivity contribution is 0.282. The molecule has 4 nitrogen and oxygen atoms in total. The summed E-state index contributed by atoms with van der Waals surface area (Å²) < 4.78 is 27.2. The Labute approximate surface area is 120 Å². The first-order valence-corrected chi connectivity index (χ1v) is 8.76. The van der Waals surface area contributed by atoms with Crippen LogP contribution in [-0.2, 0) is 16.6 Å². The highest BCUT2D eigenvalue weighted by Crippen LogP contribution is 2.48. The van der Waals surface area contributed by atoms with Crippen LogP contribution in [0.25, 0.3) is 0 Å². The molecule has 110 valence electrons. The first kappa shape index (κ1) is 14.0. The van der Waals surface area contributed by atoms with Crippen molar-refractivity contribution in [1.29, 1.82) is 0 Å². The molecular formula is C15H21NO3S. The molecule has 0 spiro atoms. The monoisotopic (exact) mass is 295 g/mol. The molecule has 5 heteroatoms. The van der Waals surface area contributed by atoms with Gasteiger partial charge in [-0.1, -0.05) is 18.6 Å². The molecule has 0 heterocycles. The predicted molar refractivity (Wildman–Crippen MR) is 76.5 cm³/mol. The smallest absolute Gasteiger partial charge is 0.240 e. The molecule has 2 fully saturated rings. The molecule has 0 aliphatic heterocycles. The largest absolute Gasteiger partial charge is 0.392 e. The van der Waals surface area contributed by atoms with E-state index in [1.807, 2.05) is 0 Å². The van der Waals surface area contributed by atoms with E-state index in [0.717, 1.165) is 17.4 Å². The van der Waals surface area contributed by atoms with Gasteiger partial charge in [0, 0.05) is 6.54 Å². The molecule has 2 aliphatic carbocycles. The van der Waals surface area contributed by atoms with Crippen LogP contribution in [0.4, 0.5) is 0 Å². The quantitative estimate of drug-likeness (QED) is 0.872. The minimum atomic E-state index is -3.42. The fourth-order valence-corrected chi connectivity index (χ4v) is 4.80. The number of fused-ring (bicyclic) bond motifs is 2. The number of benzene rings is 1. The molecule has 1 aromatic carbocycles. The van der Waals surface area contributed by atoms with Crippen molar-refractivity contribution < 1.29 is 13.5 Å². The number of hydrogen-bond acceptors (Lipinski definition) is 3. The molecule has 2 aliphatic rings. The summed E-state index contributed by atoms with van der Waals surface area (Å²) in [5.41, 5.74) is 0.719. The number of nitrogens with one attached hydrogen (secondary N) is 1. The van der Waals surface area contributed by atoms with Crippen molar-refractivity contribution in [3.63, 3.8) is 0 Å². The molecule has 20 heavy (non-hydrogen) atoms. The van der Waals surface area contributed by atoms with E-state index in [1.54, 1.807) is 24.3 Å². The van der Waals surface area contributed by atoms with Gasteiger partial charge in [-0.2, -0.15) is 0 Å². The Bertz CT molecular complexity index is 567. The van der Waals surface area contributed by atoms with Crippen LogP contribution in [0.5, 0.6) is 0 Å². The molecule has 0 aromatic heterocycles. The summed E-state index contributed by atoms with van der Waals surface area (Å²) in [6, 6.07) is 6.39. The Balaban J connectivity index is 1.63. The van der Waals surface area contributed by atoms with E-state index >= 15 is 0 Å². The van der Waals surface area contributed by atoms with Crippen LogP contribution in [0.15, 0.2) is 29.2 Å². The summed E-state index contributed by atoms with van der Waals surface area (Å²) >= 11 is 0. The fraction of sp³-hybridized carbons (Fsp3) is 0.600. The number of aliphatic hydroxyl groups excluding tert-OH is 1. The van der Waals surface area contributed by atoms with Gasteiger partial charge >= 0.3 is 0 Å². The maximum absolute atomic E-state index is 12.2. The highest BCUT2D eigenvalue weighted by molar-refractivity contribution is 7.89. The van der Waals surface area contributed by atoms with E-state index in [4.69, 9.17) is 5.11 Å². The SMILES string of the molecule is O=S(=O)(NCC1CC2CCC1C2)c1ccc(CO)cc1. The van der Waals surface area contributed by atoms with E-state index in [2.05, 4.69) is 4.72 Å². The predicted octanol–water partition coefficient (Wildman–Crippen LogP) is 1.89. The minimum Gasteiger partial charge on any atom is -0.392 e. The highest BCUT2D eigenvalue weighted by atomic mass is 32.2. The van der Waals surface area contributed by atoms with E-state index in [9.17, 15) is 8.42 Å². The van der Waals surface area contributed by atoms with Crippen molar-refractivity contribution in [2.24, 2.45) is 17.8 Å². The molecule has 3 rings (SSSR count). The third-order valence-electron chi connectivity index (χ3n) is 4.84. The van der Waals surface area contributed by atoms with Gasteiger partial charge in [-0.3, -0.25) is 0 Å². The Kier molecular flexibility index (Phi) is 3.84. The fourth-order valence-electron chi connectivity index (χ4n) is 3.70. The molecule has 0 saturated heterocycles. The van der Waals surface area contributed by atoms with Crippen LogP contribution < -0.4 is 4.72 Å².